The summed E-state index contributed by atoms with van der Waals surface area (Å²) in [5.74, 6) is 1.54. The molecule has 0 spiro atoms. The fourth-order valence-electron chi connectivity index (χ4n) is 4.12. The van der Waals surface area contributed by atoms with E-state index in [4.69, 9.17) is 19.7 Å². The molecule has 0 radical (unpaired) electrons. The van der Waals surface area contributed by atoms with Gasteiger partial charge in [-0.15, -0.1) is 0 Å². The van der Waals surface area contributed by atoms with Crippen LogP contribution in [0.25, 0.3) is 16.9 Å². The first-order valence-electron chi connectivity index (χ1n) is 11.2. The van der Waals surface area contributed by atoms with Crippen molar-refractivity contribution in [3.8, 4) is 28.4 Å². The van der Waals surface area contributed by atoms with E-state index in [1.807, 2.05) is 54.7 Å². The Bertz CT molecular complexity index is 1510. The number of methoxy groups -OCH3 is 2. The Balaban J connectivity index is 1.50. The highest BCUT2D eigenvalue weighted by atomic mass is 32.2. The van der Waals surface area contributed by atoms with Gasteiger partial charge in [-0.05, 0) is 78.4 Å². The van der Waals surface area contributed by atoms with Crippen LogP contribution >= 0.6 is 0 Å². The van der Waals surface area contributed by atoms with E-state index in [1.54, 1.807) is 31.0 Å². The number of hydrogen-bond acceptors (Lipinski definition) is 7. The molecule has 1 aromatic heterocycles. The second-order valence-electron chi connectivity index (χ2n) is 8.32. The smallest absolute Gasteiger partial charge is 0.238 e. The highest BCUT2D eigenvalue weighted by Crippen LogP contribution is 2.34. The maximum absolute atomic E-state index is 11.7. The van der Waals surface area contributed by atoms with Gasteiger partial charge in [-0.25, -0.2) is 18.2 Å². The minimum atomic E-state index is -3.78. The average molecular weight is 504 g/mol. The Morgan fingerprint density at radius 3 is 2.03 bits per heavy atom. The summed E-state index contributed by atoms with van der Waals surface area (Å²) in [6.45, 7) is 0. The number of ether oxygens (including phenoxy) is 2. The number of primary sulfonamides is 1. The van der Waals surface area contributed by atoms with Gasteiger partial charge in [0.2, 0.25) is 10.0 Å². The quantitative estimate of drug-likeness (QED) is 0.397. The summed E-state index contributed by atoms with van der Waals surface area (Å²) in [4.78, 5) is 0.0454. The molecular formula is C26H25N5O4S. The number of hydrazone groups is 1. The van der Waals surface area contributed by atoms with Gasteiger partial charge in [0.15, 0.2) is 0 Å². The highest BCUT2D eigenvalue weighted by molar-refractivity contribution is 7.89. The van der Waals surface area contributed by atoms with Crippen LogP contribution in [0.15, 0.2) is 89.0 Å². The first kappa shape index (κ1) is 23.6. The van der Waals surface area contributed by atoms with E-state index in [0.29, 0.717) is 12.1 Å². The maximum Gasteiger partial charge on any atom is 0.238 e. The molecule has 3 N–H and O–H groups in total. The maximum atomic E-state index is 11.7. The molecule has 5 rings (SSSR count). The summed E-state index contributed by atoms with van der Waals surface area (Å²) >= 11 is 0. The van der Waals surface area contributed by atoms with E-state index in [0.717, 1.165) is 39.6 Å². The first-order valence-corrected chi connectivity index (χ1v) is 12.7. The third-order valence-corrected chi connectivity index (χ3v) is 7.02. The molecule has 0 saturated heterocycles. The number of benzene rings is 3. The third kappa shape index (κ3) is 4.68. The lowest BCUT2D eigenvalue weighted by atomic mass is 9.97. The van der Waals surface area contributed by atoms with Crippen LogP contribution in [-0.2, 0) is 10.0 Å². The lowest BCUT2D eigenvalue weighted by Crippen LogP contribution is -2.12. The summed E-state index contributed by atoms with van der Waals surface area (Å²) < 4.78 is 35.6. The monoisotopic (exact) mass is 503 g/mol. The first-order chi connectivity index (χ1) is 17.4. The van der Waals surface area contributed by atoms with Gasteiger partial charge >= 0.3 is 0 Å². The molecule has 4 aromatic rings. The molecule has 1 atom stereocenters. The summed E-state index contributed by atoms with van der Waals surface area (Å²) in [6.07, 6.45) is 2.61. The SMILES string of the molecule is COc1ccc(C2=NNC(c3cn(-c4ccc(S(N)(=O)=O)cc4)nc3-c3ccc(OC)cc3)C2)cc1. The van der Waals surface area contributed by atoms with Crippen LogP contribution in [0.2, 0.25) is 0 Å². The zero-order valence-corrected chi connectivity index (χ0v) is 20.6. The Hall–Kier alpha value is -4.15. The van der Waals surface area contributed by atoms with Crippen LogP contribution in [0, 0.1) is 0 Å². The lowest BCUT2D eigenvalue weighted by molar-refractivity contribution is 0.414. The number of nitrogens with zero attached hydrogens (tertiary/aromatic N) is 3. The van der Waals surface area contributed by atoms with Crippen molar-refractivity contribution >= 4 is 15.7 Å². The standard InChI is InChI=1S/C26H25N5O4S/c1-34-20-9-3-17(4-10-20)24-15-25(29-28-24)23-16-31(19-7-13-22(14-8-19)36(27,32)33)30-26(23)18-5-11-21(35-2)12-6-18/h3-14,16,25,29H,15H2,1-2H3,(H2,27,32,33). The van der Waals surface area contributed by atoms with Gasteiger partial charge in [0.1, 0.15) is 11.5 Å². The Morgan fingerprint density at radius 1 is 0.889 bits per heavy atom. The van der Waals surface area contributed by atoms with E-state index in [2.05, 4.69) is 10.5 Å². The van der Waals surface area contributed by atoms with Gasteiger partial charge in [-0.3, -0.25) is 0 Å². The van der Waals surface area contributed by atoms with Crippen molar-refractivity contribution in [2.24, 2.45) is 10.2 Å². The number of aromatic nitrogens is 2. The second-order valence-corrected chi connectivity index (χ2v) is 9.88. The lowest BCUT2D eigenvalue weighted by Gasteiger charge is -2.10. The van der Waals surface area contributed by atoms with Crippen LogP contribution in [0.3, 0.4) is 0 Å². The number of nitrogens with one attached hydrogen (secondary N) is 1. The van der Waals surface area contributed by atoms with Crippen LogP contribution in [0.1, 0.15) is 23.6 Å². The van der Waals surface area contributed by atoms with Crippen molar-refractivity contribution in [2.75, 3.05) is 14.2 Å². The predicted octanol–water partition coefficient (Wildman–Crippen LogP) is 3.64. The zero-order valence-electron chi connectivity index (χ0n) is 19.8. The molecule has 10 heteroatoms. The zero-order chi connectivity index (χ0) is 25.3. The van der Waals surface area contributed by atoms with Crippen molar-refractivity contribution in [1.82, 2.24) is 15.2 Å². The van der Waals surface area contributed by atoms with Gasteiger partial charge in [-0.1, -0.05) is 0 Å². The molecule has 36 heavy (non-hydrogen) atoms. The fourth-order valence-corrected chi connectivity index (χ4v) is 4.64. The molecule has 0 amide bonds. The molecule has 1 unspecified atom stereocenters. The number of hydrogen-bond donors (Lipinski definition) is 2. The summed E-state index contributed by atoms with van der Waals surface area (Å²) in [7, 11) is -0.514. The Morgan fingerprint density at radius 2 is 1.47 bits per heavy atom. The van der Waals surface area contributed by atoms with Crippen molar-refractivity contribution in [3.05, 3.63) is 90.1 Å². The molecule has 3 aromatic carbocycles. The third-order valence-electron chi connectivity index (χ3n) is 6.09. The van der Waals surface area contributed by atoms with E-state index >= 15 is 0 Å². The topological polar surface area (TPSA) is 121 Å². The molecule has 184 valence electrons. The summed E-state index contributed by atoms with van der Waals surface area (Å²) in [5, 5.41) is 14.7. The van der Waals surface area contributed by atoms with Crippen LogP contribution < -0.4 is 20.0 Å². The van der Waals surface area contributed by atoms with Gasteiger partial charge in [0.25, 0.3) is 0 Å². The minimum Gasteiger partial charge on any atom is -0.497 e. The van der Waals surface area contributed by atoms with E-state index in [-0.39, 0.29) is 10.9 Å². The average Bonchev–Trinajstić information content (AvgIpc) is 3.56. The van der Waals surface area contributed by atoms with Gasteiger partial charge in [-0.2, -0.15) is 10.2 Å². The van der Waals surface area contributed by atoms with Crippen molar-refractivity contribution in [2.45, 2.75) is 17.4 Å². The molecule has 0 fully saturated rings. The molecule has 1 aliphatic heterocycles. The van der Waals surface area contributed by atoms with Gasteiger partial charge < -0.3 is 14.9 Å². The fraction of sp³-hybridized carbons (Fsp3) is 0.154. The normalized spacial score (nSPS) is 15.3. The van der Waals surface area contributed by atoms with Crippen LogP contribution in [0.5, 0.6) is 11.5 Å². The van der Waals surface area contributed by atoms with Crippen molar-refractivity contribution in [3.63, 3.8) is 0 Å². The minimum absolute atomic E-state index is 0.0454. The highest BCUT2D eigenvalue weighted by Gasteiger charge is 2.27. The molecular weight excluding hydrogens is 478 g/mol. The molecule has 9 nitrogen and oxygen atoms in total. The summed E-state index contributed by atoms with van der Waals surface area (Å²) in [6, 6.07) is 21.7. The van der Waals surface area contributed by atoms with Gasteiger partial charge in [0, 0.05) is 23.7 Å². The molecule has 0 saturated carbocycles. The number of rotatable bonds is 7. The molecule has 1 aliphatic rings. The van der Waals surface area contributed by atoms with E-state index in [9.17, 15) is 8.42 Å². The second kappa shape index (κ2) is 9.48. The van der Waals surface area contributed by atoms with Gasteiger partial charge in [0.05, 0.1) is 42.2 Å². The molecule has 2 heterocycles. The Labute approximate surface area is 209 Å². The van der Waals surface area contributed by atoms with Crippen LogP contribution in [0.4, 0.5) is 0 Å². The summed E-state index contributed by atoms with van der Waals surface area (Å²) in [5.41, 5.74) is 8.59. The Kier molecular flexibility index (Phi) is 6.21. The van der Waals surface area contributed by atoms with E-state index < -0.39 is 10.0 Å². The van der Waals surface area contributed by atoms with Crippen molar-refractivity contribution < 1.29 is 17.9 Å². The van der Waals surface area contributed by atoms with Crippen molar-refractivity contribution in [1.29, 1.82) is 0 Å². The molecule has 0 bridgehead atoms. The largest absolute Gasteiger partial charge is 0.497 e. The number of sulfonamides is 1. The molecule has 0 aliphatic carbocycles. The van der Waals surface area contributed by atoms with Crippen LogP contribution in [-0.4, -0.2) is 38.1 Å². The predicted molar refractivity (Wildman–Crippen MR) is 137 cm³/mol. The number of nitrogens with two attached hydrogens (primary N) is 1. The van der Waals surface area contributed by atoms with E-state index in [1.165, 1.54) is 12.1 Å².